The lowest BCUT2D eigenvalue weighted by Crippen LogP contribution is -2.30. The van der Waals surface area contributed by atoms with Crippen LogP contribution in [-0.2, 0) is 16.8 Å². The van der Waals surface area contributed by atoms with Gasteiger partial charge in [-0.25, -0.2) is 4.79 Å². The van der Waals surface area contributed by atoms with E-state index in [-0.39, 0.29) is 16.9 Å². The molecule has 0 aromatic heterocycles. The molecule has 138 valence electrons. The van der Waals surface area contributed by atoms with Crippen molar-refractivity contribution in [2.24, 2.45) is 5.92 Å². The Morgan fingerprint density at radius 1 is 1.24 bits per heavy atom. The van der Waals surface area contributed by atoms with Crippen LogP contribution < -0.4 is 5.73 Å². The molecule has 0 unspecified atom stereocenters. The highest BCUT2D eigenvalue weighted by Gasteiger charge is 2.28. The van der Waals surface area contributed by atoms with E-state index < -0.39 is 5.97 Å². The van der Waals surface area contributed by atoms with Crippen molar-refractivity contribution >= 4 is 17.6 Å². The summed E-state index contributed by atoms with van der Waals surface area (Å²) in [4.78, 5) is 25.9. The maximum atomic E-state index is 12.6. The number of nitrogen functional groups attached to an aromatic ring is 1. The molecule has 0 atom stereocenters. The van der Waals surface area contributed by atoms with Crippen molar-refractivity contribution in [3.05, 3.63) is 28.8 Å². The minimum atomic E-state index is -0.967. The van der Waals surface area contributed by atoms with Crippen LogP contribution in [0.25, 0.3) is 0 Å². The number of carboxylic acids is 1. The lowest BCUT2D eigenvalue weighted by Gasteiger charge is -2.29. The molecular formula is C20H30N2O3. The Morgan fingerprint density at radius 3 is 2.36 bits per heavy atom. The average Bonchev–Trinajstić information content (AvgIpc) is 3.00. The summed E-state index contributed by atoms with van der Waals surface area (Å²) in [7, 11) is 1.77. The zero-order valence-electron chi connectivity index (χ0n) is 15.8. The number of hydrogen-bond donors (Lipinski definition) is 2. The van der Waals surface area contributed by atoms with Gasteiger partial charge in [0, 0.05) is 25.7 Å². The molecule has 0 spiro atoms. The van der Waals surface area contributed by atoms with Crippen molar-refractivity contribution < 1.29 is 14.7 Å². The summed E-state index contributed by atoms with van der Waals surface area (Å²) < 4.78 is 0. The van der Waals surface area contributed by atoms with Crippen LogP contribution in [0.2, 0.25) is 0 Å². The molecule has 0 saturated heterocycles. The predicted octanol–water partition coefficient (Wildman–Crippen LogP) is 3.80. The van der Waals surface area contributed by atoms with Crippen molar-refractivity contribution in [1.82, 2.24) is 4.90 Å². The van der Waals surface area contributed by atoms with Crippen molar-refractivity contribution in [3.63, 3.8) is 0 Å². The summed E-state index contributed by atoms with van der Waals surface area (Å²) in [6.45, 7) is 6.25. The molecular weight excluding hydrogens is 316 g/mol. The van der Waals surface area contributed by atoms with Gasteiger partial charge in [-0.2, -0.15) is 0 Å². The Morgan fingerprint density at radius 2 is 1.84 bits per heavy atom. The Bertz CT molecular complexity index is 656. The van der Waals surface area contributed by atoms with Gasteiger partial charge in [-0.05, 0) is 47.4 Å². The Kier molecular flexibility index (Phi) is 5.76. The second kappa shape index (κ2) is 7.46. The van der Waals surface area contributed by atoms with E-state index in [9.17, 15) is 14.7 Å². The summed E-state index contributed by atoms with van der Waals surface area (Å²) in [5.74, 6) is -0.377. The van der Waals surface area contributed by atoms with Gasteiger partial charge in [-0.3, -0.25) is 4.79 Å². The smallest absolute Gasteiger partial charge is 0.335 e. The number of carbonyl (C=O) groups excluding carboxylic acids is 1. The van der Waals surface area contributed by atoms with E-state index in [1.54, 1.807) is 24.1 Å². The van der Waals surface area contributed by atoms with Gasteiger partial charge in [-0.1, -0.05) is 33.6 Å². The molecule has 1 fully saturated rings. The standard InChI is InChI=1S/C20H30N2O3/c1-20(2,3)18-14(19(24)25)9-10-16(21)15(18)12-22(4)17(23)11-13-7-5-6-8-13/h9-10,13H,5-8,11-12,21H2,1-4H3,(H,24,25). The summed E-state index contributed by atoms with van der Waals surface area (Å²) in [6.07, 6.45) is 5.25. The molecule has 0 aliphatic heterocycles. The van der Waals surface area contributed by atoms with Gasteiger partial charge in [0.25, 0.3) is 0 Å². The van der Waals surface area contributed by atoms with Gasteiger partial charge in [0.15, 0.2) is 0 Å². The summed E-state index contributed by atoms with van der Waals surface area (Å²) >= 11 is 0. The van der Waals surface area contributed by atoms with E-state index in [1.165, 1.54) is 12.8 Å². The maximum Gasteiger partial charge on any atom is 0.335 e. The Hall–Kier alpha value is -2.04. The van der Waals surface area contributed by atoms with E-state index in [2.05, 4.69) is 0 Å². The van der Waals surface area contributed by atoms with Crippen molar-refractivity contribution in [2.75, 3.05) is 12.8 Å². The van der Waals surface area contributed by atoms with E-state index in [1.807, 2.05) is 20.8 Å². The molecule has 2 rings (SSSR count). The molecule has 1 aromatic rings. The molecule has 1 saturated carbocycles. The molecule has 0 radical (unpaired) electrons. The normalized spacial score (nSPS) is 15.4. The molecule has 5 heteroatoms. The molecule has 1 aromatic carbocycles. The number of carboxylic acid groups (broad SMARTS) is 1. The number of hydrogen-bond acceptors (Lipinski definition) is 3. The first-order valence-corrected chi connectivity index (χ1v) is 9.00. The molecule has 0 bridgehead atoms. The lowest BCUT2D eigenvalue weighted by molar-refractivity contribution is -0.131. The molecule has 0 heterocycles. The third-order valence-corrected chi connectivity index (χ3v) is 5.09. The largest absolute Gasteiger partial charge is 0.478 e. The van der Waals surface area contributed by atoms with Gasteiger partial charge < -0.3 is 15.7 Å². The summed E-state index contributed by atoms with van der Waals surface area (Å²) in [5, 5.41) is 9.56. The fourth-order valence-corrected chi connectivity index (χ4v) is 3.81. The Labute approximate surface area is 150 Å². The summed E-state index contributed by atoms with van der Waals surface area (Å²) in [5.41, 5.74) is 8.04. The fourth-order valence-electron chi connectivity index (χ4n) is 3.81. The average molecular weight is 346 g/mol. The number of benzene rings is 1. The predicted molar refractivity (Wildman–Crippen MR) is 99.6 cm³/mol. The van der Waals surface area contributed by atoms with Gasteiger partial charge in [-0.15, -0.1) is 0 Å². The highest BCUT2D eigenvalue weighted by atomic mass is 16.4. The topological polar surface area (TPSA) is 83.6 Å². The number of nitrogens with two attached hydrogens (primary N) is 1. The van der Waals surface area contributed by atoms with Crippen molar-refractivity contribution in [1.29, 1.82) is 0 Å². The zero-order chi connectivity index (χ0) is 18.8. The number of carbonyl (C=O) groups is 2. The monoisotopic (exact) mass is 346 g/mol. The van der Waals surface area contributed by atoms with E-state index in [4.69, 9.17) is 5.73 Å². The number of rotatable bonds is 5. The van der Waals surface area contributed by atoms with Crippen molar-refractivity contribution in [2.45, 2.75) is 64.8 Å². The number of aromatic carboxylic acids is 1. The molecule has 5 nitrogen and oxygen atoms in total. The first kappa shape index (κ1) is 19.3. The van der Waals surface area contributed by atoms with Crippen LogP contribution in [0.5, 0.6) is 0 Å². The molecule has 25 heavy (non-hydrogen) atoms. The summed E-state index contributed by atoms with van der Waals surface area (Å²) in [6, 6.07) is 3.19. The highest BCUT2D eigenvalue weighted by Crippen LogP contribution is 2.34. The molecule has 1 amide bonds. The third-order valence-electron chi connectivity index (χ3n) is 5.09. The fraction of sp³-hybridized carbons (Fsp3) is 0.600. The number of amides is 1. The minimum absolute atomic E-state index is 0.104. The van der Waals surface area contributed by atoms with Gasteiger partial charge in [0.1, 0.15) is 0 Å². The van der Waals surface area contributed by atoms with Crippen LogP contribution in [0, 0.1) is 5.92 Å². The second-order valence-electron chi connectivity index (χ2n) is 8.22. The first-order valence-electron chi connectivity index (χ1n) is 9.00. The lowest BCUT2D eigenvalue weighted by atomic mass is 9.79. The van der Waals surface area contributed by atoms with Gasteiger partial charge in [0.2, 0.25) is 5.91 Å². The van der Waals surface area contributed by atoms with Crippen LogP contribution >= 0.6 is 0 Å². The van der Waals surface area contributed by atoms with E-state index >= 15 is 0 Å². The van der Waals surface area contributed by atoms with Gasteiger partial charge in [0.05, 0.1) is 5.56 Å². The van der Waals surface area contributed by atoms with Crippen molar-refractivity contribution in [3.8, 4) is 0 Å². The second-order valence-corrected chi connectivity index (χ2v) is 8.22. The maximum absolute atomic E-state index is 12.6. The van der Waals surface area contributed by atoms with E-state index in [0.717, 1.165) is 18.4 Å². The number of anilines is 1. The molecule has 1 aliphatic carbocycles. The quantitative estimate of drug-likeness (QED) is 0.794. The van der Waals surface area contributed by atoms with Crippen LogP contribution in [0.1, 0.15) is 74.4 Å². The van der Waals surface area contributed by atoms with Gasteiger partial charge >= 0.3 is 5.97 Å². The SMILES string of the molecule is CN(Cc1c(N)ccc(C(=O)O)c1C(C)(C)C)C(=O)CC1CCCC1. The van der Waals surface area contributed by atoms with Crippen LogP contribution in [0.15, 0.2) is 12.1 Å². The highest BCUT2D eigenvalue weighted by molar-refractivity contribution is 5.91. The Balaban J connectivity index is 2.29. The first-order chi connectivity index (χ1) is 11.6. The molecule has 1 aliphatic rings. The van der Waals surface area contributed by atoms with E-state index in [0.29, 0.717) is 30.1 Å². The third kappa shape index (κ3) is 4.53. The zero-order valence-corrected chi connectivity index (χ0v) is 15.8. The van der Waals surface area contributed by atoms with Crippen LogP contribution in [-0.4, -0.2) is 28.9 Å². The minimum Gasteiger partial charge on any atom is -0.478 e. The molecule has 3 N–H and O–H groups in total. The number of nitrogens with zero attached hydrogens (tertiary/aromatic N) is 1. The van der Waals surface area contributed by atoms with Crippen LogP contribution in [0.3, 0.4) is 0 Å². The van der Waals surface area contributed by atoms with Crippen LogP contribution in [0.4, 0.5) is 5.69 Å².